The molecule has 2 fully saturated rings. The Morgan fingerprint density at radius 2 is 2.06 bits per heavy atom. The van der Waals surface area contributed by atoms with Gasteiger partial charge in [-0.3, -0.25) is 9.36 Å². The van der Waals surface area contributed by atoms with Crippen molar-refractivity contribution in [3.05, 3.63) is 39.2 Å². The van der Waals surface area contributed by atoms with Crippen LogP contribution >= 0.6 is 0 Å². The van der Waals surface area contributed by atoms with Gasteiger partial charge in [0.15, 0.2) is 0 Å². The molecule has 1 saturated heterocycles. The fraction of sp³-hybridized carbons (Fsp3) is 0.565. The summed E-state index contributed by atoms with van der Waals surface area (Å²) >= 11 is 0. The molecule has 0 amide bonds. The zero-order chi connectivity index (χ0) is 24.7. The van der Waals surface area contributed by atoms with Crippen LogP contribution in [0.4, 0.5) is 5.95 Å². The van der Waals surface area contributed by atoms with E-state index >= 15 is 0 Å². The highest BCUT2D eigenvalue weighted by atomic mass is 32.2. The van der Waals surface area contributed by atoms with Gasteiger partial charge in [0, 0.05) is 30.7 Å². The van der Waals surface area contributed by atoms with Gasteiger partial charge in [-0.1, -0.05) is 6.08 Å². The number of nitrogens with zero attached hydrogens (tertiary/aromatic N) is 5. The molecule has 1 saturated carbocycles. The van der Waals surface area contributed by atoms with Gasteiger partial charge in [-0.15, -0.1) is 0 Å². The smallest absolute Gasteiger partial charge is 0.270 e. The first-order valence-corrected chi connectivity index (χ1v) is 13.0. The van der Waals surface area contributed by atoms with Crippen LogP contribution in [0.25, 0.3) is 11.0 Å². The fourth-order valence-corrected chi connectivity index (χ4v) is 6.27. The number of fused-ring (bicyclic) bond motifs is 1. The van der Waals surface area contributed by atoms with Crippen LogP contribution in [-0.4, -0.2) is 57.1 Å². The molecule has 182 valence electrons. The second-order valence-electron chi connectivity index (χ2n) is 9.30. The van der Waals surface area contributed by atoms with Crippen LogP contribution in [-0.2, 0) is 10.0 Å². The molecule has 3 heterocycles. The van der Waals surface area contributed by atoms with Gasteiger partial charge >= 0.3 is 0 Å². The molecule has 34 heavy (non-hydrogen) atoms. The van der Waals surface area contributed by atoms with Crippen LogP contribution < -0.4 is 10.9 Å². The number of nitriles is 1. The third-order valence-corrected chi connectivity index (χ3v) is 9.12. The lowest BCUT2D eigenvalue weighted by Gasteiger charge is -2.32. The number of pyridine rings is 1. The van der Waals surface area contributed by atoms with Crippen molar-refractivity contribution < 1.29 is 13.5 Å². The maximum atomic E-state index is 13.1. The van der Waals surface area contributed by atoms with Gasteiger partial charge in [0.05, 0.1) is 16.5 Å². The molecule has 1 aliphatic carbocycles. The second kappa shape index (κ2) is 9.09. The van der Waals surface area contributed by atoms with Crippen LogP contribution in [0.15, 0.2) is 28.0 Å². The van der Waals surface area contributed by atoms with Crippen molar-refractivity contribution in [3.8, 4) is 6.07 Å². The summed E-state index contributed by atoms with van der Waals surface area (Å²) in [5, 5.41) is 24.1. The largest absolute Gasteiger partial charge is 0.388 e. The summed E-state index contributed by atoms with van der Waals surface area (Å²) in [5.41, 5.74) is -1.18. The summed E-state index contributed by atoms with van der Waals surface area (Å²) in [7, 11) is -3.43. The first-order valence-electron chi connectivity index (χ1n) is 11.5. The van der Waals surface area contributed by atoms with Gasteiger partial charge in [0.2, 0.25) is 16.0 Å². The number of aromatic nitrogens is 3. The van der Waals surface area contributed by atoms with Crippen molar-refractivity contribution in [2.75, 3.05) is 18.4 Å². The van der Waals surface area contributed by atoms with Gasteiger partial charge in [-0.25, -0.2) is 13.4 Å². The molecular formula is C23H30N6O4S. The summed E-state index contributed by atoms with van der Waals surface area (Å²) < 4.78 is 28.1. The molecule has 0 aromatic carbocycles. The lowest BCUT2D eigenvalue weighted by Crippen LogP contribution is -2.42. The molecule has 1 aliphatic heterocycles. The zero-order valence-corrected chi connectivity index (χ0v) is 20.5. The summed E-state index contributed by atoms with van der Waals surface area (Å²) in [6.45, 7) is 5.80. The highest BCUT2D eigenvalue weighted by molar-refractivity contribution is 7.93. The van der Waals surface area contributed by atoms with Crippen LogP contribution in [0, 0.1) is 11.3 Å². The Morgan fingerprint density at radius 3 is 2.65 bits per heavy atom. The molecule has 0 bridgehead atoms. The number of allylic oxidation sites excluding steroid dienone is 2. The minimum atomic E-state index is -3.43. The number of nitrogens with one attached hydrogen (secondary N) is 1. The predicted octanol–water partition coefficient (Wildman–Crippen LogP) is 2.27. The van der Waals surface area contributed by atoms with Gasteiger partial charge < -0.3 is 10.4 Å². The fourth-order valence-electron chi connectivity index (χ4n) is 4.87. The Hall–Kier alpha value is -2.81. The Morgan fingerprint density at radius 1 is 1.35 bits per heavy atom. The summed E-state index contributed by atoms with van der Waals surface area (Å²) in [6.07, 6.45) is 6.30. The molecule has 0 unspecified atom stereocenters. The van der Waals surface area contributed by atoms with E-state index in [4.69, 9.17) is 0 Å². The lowest BCUT2D eigenvalue weighted by molar-refractivity contribution is 0.0266. The standard InChI is InChI=1S/C23H30N6O4S/c1-4-15(2)34(32,33)28-10-7-18(8-11-28)26-22-25-14-17-12-16(13-24)21(30)29(20(17)27-22)19-6-5-9-23(19,3)31/h4,12,14,18-19,31H,5-11H2,1-3H3,(H,25,26,27)/b15-4+/t19-,23-/m1/s1. The molecule has 0 radical (unpaired) electrons. The van der Waals surface area contributed by atoms with E-state index in [1.165, 1.54) is 14.9 Å². The van der Waals surface area contributed by atoms with Gasteiger partial charge in [0.1, 0.15) is 17.3 Å². The van der Waals surface area contributed by atoms with E-state index in [0.29, 0.717) is 60.7 Å². The molecule has 10 nitrogen and oxygen atoms in total. The zero-order valence-electron chi connectivity index (χ0n) is 19.7. The number of rotatable bonds is 5. The minimum Gasteiger partial charge on any atom is -0.388 e. The number of hydrogen-bond acceptors (Lipinski definition) is 8. The number of aliphatic hydroxyl groups is 1. The molecule has 2 N–H and O–H groups in total. The van der Waals surface area contributed by atoms with Crippen molar-refractivity contribution in [3.63, 3.8) is 0 Å². The molecule has 2 atom stereocenters. The number of piperidine rings is 1. The topological polar surface area (TPSA) is 141 Å². The van der Waals surface area contributed by atoms with E-state index in [9.17, 15) is 23.6 Å². The Kier molecular flexibility index (Phi) is 6.50. The highest BCUT2D eigenvalue weighted by Gasteiger charge is 2.40. The average Bonchev–Trinajstić information content (AvgIpc) is 3.16. The van der Waals surface area contributed by atoms with Crippen molar-refractivity contribution in [2.24, 2.45) is 0 Å². The van der Waals surface area contributed by atoms with Crippen LogP contribution in [0.5, 0.6) is 0 Å². The van der Waals surface area contributed by atoms with Crippen LogP contribution in [0.1, 0.15) is 64.5 Å². The molecule has 2 aromatic rings. The summed E-state index contributed by atoms with van der Waals surface area (Å²) in [5.74, 6) is 0.328. The molecular weight excluding hydrogens is 456 g/mol. The SMILES string of the molecule is C/C=C(\C)S(=O)(=O)N1CCC(Nc2ncc3cc(C#N)c(=O)n([C@@H]4CCC[C@@]4(C)O)c3n2)CC1. The quantitative estimate of drug-likeness (QED) is 0.656. The van der Waals surface area contributed by atoms with E-state index in [0.717, 1.165) is 6.42 Å². The third-order valence-electron chi connectivity index (χ3n) is 7.02. The van der Waals surface area contributed by atoms with E-state index in [-0.39, 0.29) is 11.6 Å². The Bertz CT molecular complexity index is 1330. The van der Waals surface area contributed by atoms with Crippen molar-refractivity contribution in [1.29, 1.82) is 5.26 Å². The van der Waals surface area contributed by atoms with E-state index in [1.807, 2.05) is 6.07 Å². The third kappa shape index (κ3) is 4.33. The van der Waals surface area contributed by atoms with Crippen molar-refractivity contribution in [2.45, 2.75) is 70.6 Å². The first kappa shape index (κ1) is 24.3. The number of sulfonamides is 1. The normalized spacial score (nSPS) is 24.9. The van der Waals surface area contributed by atoms with Crippen LogP contribution in [0.3, 0.4) is 0 Å². The molecule has 4 rings (SSSR count). The lowest BCUT2D eigenvalue weighted by atomic mass is 9.99. The van der Waals surface area contributed by atoms with Crippen molar-refractivity contribution >= 4 is 27.0 Å². The van der Waals surface area contributed by atoms with E-state index in [2.05, 4.69) is 15.3 Å². The van der Waals surface area contributed by atoms with Crippen molar-refractivity contribution in [1.82, 2.24) is 18.8 Å². The minimum absolute atomic E-state index is 0.00971. The van der Waals surface area contributed by atoms with Crippen LogP contribution in [0.2, 0.25) is 0 Å². The second-order valence-corrected chi connectivity index (χ2v) is 11.4. The molecule has 2 aromatic heterocycles. The Balaban J connectivity index is 1.62. The van der Waals surface area contributed by atoms with E-state index < -0.39 is 27.2 Å². The molecule has 11 heteroatoms. The average molecular weight is 487 g/mol. The predicted molar refractivity (Wildman–Crippen MR) is 129 cm³/mol. The maximum Gasteiger partial charge on any atom is 0.270 e. The van der Waals surface area contributed by atoms with Gasteiger partial charge in [0.25, 0.3) is 5.56 Å². The Labute approximate surface area is 199 Å². The summed E-state index contributed by atoms with van der Waals surface area (Å²) in [4.78, 5) is 22.4. The van der Waals surface area contributed by atoms with Gasteiger partial charge in [-0.05, 0) is 58.9 Å². The van der Waals surface area contributed by atoms with E-state index in [1.54, 1.807) is 33.0 Å². The number of anilines is 1. The maximum absolute atomic E-state index is 13.1. The summed E-state index contributed by atoms with van der Waals surface area (Å²) in [6, 6.07) is 2.91. The van der Waals surface area contributed by atoms with Gasteiger partial charge in [-0.2, -0.15) is 14.6 Å². The monoisotopic (exact) mass is 486 g/mol. The number of hydrogen-bond donors (Lipinski definition) is 2. The molecule has 0 spiro atoms. The molecule has 2 aliphatic rings. The first-order chi connectivity index (χ1) is 16.1. The highest BCUT2D eigenvalue weighted by Crippen LogP contribution is 2.39.